The number of aliphatic hydroxyl groups excluding tert-OH is 1. The molecule has 1 unspecified atom stereocenters. The minimum absolute atomic E-state index is 0.417. The van der Waals surface area contributed by atoms with Gasteiger partial charge in [-0.2, -0.15) is 0 Å². The molecule has 0 aliphatic heterocycles. The molecule has 0 bridgehead atoms. The summed E-state index contributed by atoms with van der Waals surface area (Å²) in [6.07, 6.45) is -0.417. The van der Waals surface area contributed by atoms with E-state index in [2.05, 4.69) is 64.1 Å². The van der Waals surface area contributed by atoms with Crippen LogP contribution in [-0.4, -0.2) is 10.9 Å². The average Bonchev–Trinajstić information content (AvgIpc) is 2.40. The molecule has 20 heavy (non-hydrogen) atoms. The van der Waals surface area contributed by atoms with Crippen LogP contribution >= 0.6 is 11.8 Å². The fourth-order valence-electron chi connectivity index (χ4n) is 2.31. The van der Waals surface area contributed by atoms with Gasteiger partial charge in [0.2, 0.25) is 0 Å². The number of rotatable bonds is 4. The highest BCUT2D eigenvalue weighted by Crippen LogP contribution is 2.28. The number of hydrogen-bond acceptors (Lipinski definition) is 2. The zero-order valence-electron chi connectivity index (χ0n) is 12.6. The maximum atomic E-state index is 10.4. The van der Waals surface area contributed by atoms with E-state index in [4.69, 9.17) is 0 Å². The van der Waals surface area contributed by atoms with Crippen molar-refractivity contribution >= 4 is 11.8 Å². The standard InChI is InChI=1S/C18H22OS/c1-12-6-5-7-16(8-12)20-11-18(19)17-10-14(3)13(2)9-15(17)4/h5-10,18-19H,11H2,1-4H3. The summed E-state index contributed by atoms with van der Waals surface area (Å²) in [5, 5.41) is 10.4. The first-order valence-electron chi connectivity index (χ1n) is 6.92. The lowest BCUT2D eigenvalue weighted by molar-refractivity contribution is 0.203. The molecule has 0 amide bonds. The van der Waals surface area contributed by atoms with Crippen LogP contribution in [0.2, 0.25) is 0 Å². The summed E-state index contributed by atoms with van der Waals surface area (Å²) >= 11 is 1.71. The van der Waals surface area contributed by atoms with Crippen molar-refractivity contribution in [2.24, 2.45) is 0 Å². The van der Waals surface area contributed by atoms with E-state index < -0.39 is 6.10 Å². The predicted molar refractivity (Wildman–Crippen MR) is 87.5 cm³/mol. The van der Waals surface area contributed by atoms with Crippen molar-refractivity contribution in [1.29, 1.82) is 0 Å². The highest BCUT2D eigenvalue weighted by Gasteiger charge is 2.12. The smallest absolute Gasteiger partial charge is 0.0886 e. The van der Waals surface area contributed by atoms with E-state index in [0.717, 1.165) is 5.56 Å². The van der Waals surface area contributed by atoms with Crippen LogP contribution in [0.15, 0.2) is 41.3 Å². The Balaban J connectivity index is 2.09. The van der Waals surface area contributed by atoms with Gasteiger partial charge in [-0.05, 0) is 62.1 Å². The summed E-state index contributed by atoms with van der Waals surface area (Å²) < 4.78 is 0. The molecule has 0 saturated carbocycles. The number of aryl methyl sites for hydroxylation is 4. The molecule has 2 rings (SSSR count). The molecule has 0 heterocycles. The topological polar surface area (TPSA) is 20.2 Å². The van der Waals surface area contributed by atoms with E-state index in [1.54, 1.807) is 11.8 Å². The van der Waals surface area contributed by atoms with Crippen molar-refractivity contribution in [2.45, 2.75) is 38.7 Å². The molecule has 1 nitrogen and oxygen atoms in total. The predicted octanol–water partition coefficient (Wildman–Crippen LogP) is 4.75. The fraction of sp³-hybridized carbons (Fsp3) is 0.333. The number of benzene rings is 2. The summed E-state index contributed by atoms with van der Waals surface area (Å²) in [6.45, 7) is 8.37. The summed E-state index contributed by atoms with van der Waals surface area (Å²) in [6, 6.07) is 12.7. The Hall–Kier alpha value is -1.25. The van der Waals surface area contributed by atoms with E-state index in [0.29, 0.717) is 5.75 Å². The molecular formula is C18H22OS. The molecule has 0 aromatic heterocycles. The lowest BCUT2D eigenvalue weighted by Gasteiger charge is -2.16. The third-order valence-electron chi connectivity index (χ3n) is 3.64. The fourth-order valence-corrected chi connectivity index (χ4v) is 3.29. The largest absolute Gasteiger partial charge is 0.388 e. The molecule has 2 aromatic rings. The average molecular weight is 286 g/mol. The summed E-state index contributed by atoms with van der Waals surface area (Å²) in [5.41, 5.74) is 6.00. The number of thioether (sulfide) groups is 1. The Labute approximate surface area is 126 Å². The van der Waals surface area contributed by atoms with E-state index in [9.17, 15) is 5.11 Å². The SMILES string of the molecule is Cc1cccc(SCC(O)c2cc(C)c(C)cc2C)c1. The Kier molecular flexibility index (Phi) is 4.90. The van der Waals surface area contributed by atoms with Crippen LogP contribution in [0.5, 0.6) is 0 Å². The van der Waals surface area contributed by atoms with Gasteiger partial charge >= 0.3 is 0 Å². The van der Waals surface area contributed by atoms with Crippen LogP contribution in [0.25, 0.3) is 0 Å². The molecule has 2 aromatic carbocycles. The van der Waals surface area contributed by atoms with Crippen molar-refractivity contribution in [3.63, 3.8) is 0 Å². The first kappa shape index (κ1) is 15.1. The Morgan fingerprint density at radius 1 is 0.950 bits per heavy atom. The van der Waals surface area contributed by atoms with Crippen LogP contribution in [0.1, 0.15) is 33.9 Å². The molecule has 0 aliphatic carbocycles. The van der Waals surface area contributed by atoms with Crippen molar-refractivity contribution < 1.29 is 5.11 Å². The Bertz CT molecular complexity index is 604. The number of hydrogen-bond donors (Lipinski definition) is 1. The monoisotopic (exact) mass is 286 g/mol. The van der Waals surface area contributed by atoms with Gasteiger partial charge in [0.25, 0.3) is 0 Å². The van der Waals surface area contributed by atoms with Crippen LogP contribution in [0, 0.1) is 27.7 Å². The van der Waals surface area contributed by atoms with Crippen LogP contribution in [-0.2, 0) is 0 Å². The van der Waals surface area contributed by atoms with Gasteiger partial charge in [-0.3, -0.25) is 0 Å². The maximum Gasteiger partial charge on any atom is 0.0886 e. The number of aliphatic hydroxyl groups is 1. The van der Waals surface area contributed by atoms with Gasteiger partial charge in [0.05, 0.1) is 6.10 Å². The van der Waals surface area contributed by atoms with Crippen molar-refractivity contribution in [3.8, 4) is 0 Å². The lowest BCUT2D eigenvalue weighted by Crippen LogP contribution is -2.04. The summed E-state index contributed by atoms with van der Waals surface area (Å²) in [5.74, 6) is 0.687. The Morgan fingerprint density at radius 2 is 1.65 bits per heavy atom. The minimum Gasteiger partial charge on any atom is -0.388 e. The van der Waals surface area contributed by atoms with E-state index in [1.165, 1.54) is 27.1 Å². The Morgan fingerprint density at radius 3 is 2.35 bits per heavy atom. The first-order valence-corrected chi connectivity index (χ1v) is 7.91. The van der Waals surface area contributed by atoms with Gasteiger partial charge in [0.15, 0.2) is 0 Å². The first-order chi connectivity index (χ1) is 9.47. The molecule has 106 valence electrons. The third-order valence-corrected chi connectivity index (χ3v) is 4.71. The van der Waals surface area contributed by atoms with Gasteiger partial charge in [-0.15, -0.1) is 11.8 Å². The van der Waals surface area contributed by atoms with Crippen molar-refractivity contribution in [2.75, 3.05) is 5.75 Å². The maximum absolute atomic E-state index is 10.4. The molecule has 1 N–H and O–H groups in total. The van der Waals surface area contributed by atoms with Crippen LogP contribution in [0.4, 0.5) is 0 Å². The van der Waals surface area contributed by atoms with Crippen molar-refractivity contribution in [3.05, 3.63) is 64.2 Å². The lowest BCUT2D eigenvalue weighted by atomic mass is 9.98. The van der Waals surface area contributed by atoms with Crippen LogP contribution in [0.3, 0.4) is 0 Å². The molecule has 0 fully saturated rings. The van der Waals surface area contributed by atoms with Gasteiger partial charge in [-0.1, -0.05) is 29.8 Å². The second kappa shape index (κ2) is 6.47. The molecule has 1 atom stereocenters. The quantitative estimate of drug-likeness (QED) is 0.819. The van der Waals surface area contributed by atoms with E-state index >= 15 is 0 Å². The summed E-state index contributed by atoms with van der Waals surface area (Å²) in [4.78, 5) is 1.21. The minimum atomic E-state index is -0.417. The second-order valence-corrected chi connectivity index (χ2v) is 6.53. The molecular weight excluding hydrogens is 264 g/mol. The van der Waals surface area contributed by atoms with Gasteiger partial charge < -0.3 is 5.11 Å². The summed E-state index contributed by atoms with van der Waals surface area (Å²) in [7, 11) is 0. The van der Waals surface area contributed by atoms with Crippen molar-refractivity contribution in [1.82, 2.24) is 0 Å². The highest BCUT2D eigenvalue weighted by atomic mass is 32.2. The molecule has 0 aliphatic rings. The highest BCUT2D eigenvalue weighted by molar-refractivity contribution is 7.99. The van der Waals surface area contributed by atoms with Gasteiger partial charge in [0.1, 0.15) is 0 Å². The molecule has 0 saturated heterocycles. The molecule has 0 spiro atoms. The van der Waals surface area contributed by atoms with E-state index in [1.807, 2.05) is 0 Å². The zero-order valence-corrected chi connectivity index (χ0v) is 13.4. The molecule has 0 radical (unpaired) electrons. The van der Waals surface area contributed by atoms with Crippen LogP contribution < -0.4 is 0 Å². The zero-order chi connectivity index (χ0) is 14.7. The second-order valence-electron chi connectivity index (χ2n) is 5.44. The molecule has 2 heteroatoms. The third kappa shape index (κ3) is 3.65. The van der Waals surface area contributed by atoms with Gasteiger partial charge in [-0.25, -0.2) is 0 Å². The van der Waals surface area contributed by atoms with E-state index in [-0.39, 0.29) is 0 Å². The normalized spacial score (nSPS) is 12.4. The van der Waals surface area contributed by atoms with Gasteiger partial charge in [0, 0.05) is 10.6 Å².